The van der Waals surface area contributed by atoms with Gasteiger partial charge >= 0.3 is 0 Å². The molecule has 0 aromatic heterocycles. The standard InChI is InChI=1S/C21H23BrN2O3/c1-13(14-6-5-7-16(22)10-14)23-24-20(25)19-12-26-17-9-8-15(21(2,3)4)11-18(17)27-19/h5-11,19H,12H2,1-4H3,(H,24,25)/b23-13+/t19-/m0/s1. The Morgan fingerprint density at radius 1 is 1.19 bits per heavy atom. The predicted octanol–water partition coefficient (Wildman–Crippen LogP) is 4.43. The summed E-state index contributed by atoms with van der Waals surface area (Å²) >= 11 is 3.43. The van der Waals surface area contributed by atoms with E-state index < -0.39 is 6.10 Å². The summed E-state index contributed by atoms with van der Waals surface area (Å²) in [4.78, 5) is 12.5. The SMILES string of the molecule is C/C(=N\NC(=O)[C@@H]1COc2ccc(C(C)(C)C)cc2O1)c1cccc(Br)c1. The topological polar surface area (TPSA) is 59.9 Å². The van der Waals surface area contributed by atoms with Crippen LogP contribution in [0.5, 0.6) is 11.5 Å². The Bertz CT molecular complexity index is 887. The lowest BCUT2D eigenvalue weighted by atomic mass is 9.87. The van der Waals surface area contributed by atoms with E-state index in [0.717, 1.165) is 15.6 Å². The number of benzene rings is 2. The van der Waals surface area contributed by atoms with Crippen LogP contribution in [0.3, 0.4) is 0 Å². The number of ether oxygens (including phenoxy) is 2. The van der Waals surface area contributed by atoms with Gasteiger partial charge in [0.25, 0.3) is 5.91 Å². The van der Waals surface area contributed by atoms with E-state index in [1.807, 2.05) is 49.4 Å². The molecule has 5 nitrogen and oxygen atoms in total. The number of hydrogen-bond acceptors (Lipinski definition) is 4. The molecule has 2 aromatic carbocycles. The summed E-state index contributed by atoms with van der Waals surface area (Å²) in [6.07, 6.45) is -0.744. The molecule has 0 bridgehead atoms. The highest BCUT2D eigenvalue weighted by Crippen LogP contribution is 2.36. The minimum absolute atomic E-state index is 0.0149. The molecule has 0 aliphatic carbocycles. The van der Waals surface area contributed by atoms with E-state index in [0.29, 0.717) is 17.2 Å². The first kappa shape index (κ1) is 19.4. The van der Waals surface area contributed by atoms with Crippen molar-refractivity contribution in [2.24, 2.45) is 5.10 Å². The lowest BCUT2D eigenvalue weighted by Gasteiger charge is -2.27. The second kappa shape index (κ2) is 7.72. The molecule has 1 N–H and O–H groups in total. The van der Waals surface area contributed by atoms with Crippen molar-refractivity contribution in [3.05, 3.63) is 58.1 Å². The highest BCUT2D eigenvalue weighted by Gasteiger charge is 2.28. The molecule has 1 amide bonds. The number of hydrogen-bond donors (Lipinski definition) is 1. The highest BCUT2D eigenvalue weighted by atomic mass is 79.9. The van der Waals surface area contributed by atoms with Crippen LogP contribution >= 0.6 is 15.9 Å². The number of hydrazone groups is 1. The average Bonchev–Trinajstić information content (AvgIpc) is 2.64. The molecule has 6 heteroatoms. The molecule has 0 spiro atoms. The third-order valence-corrected chi connectivity index (χ3v) is 4.83. The van der Waals surface area contributed by atoms with Gasteiger partial charge in [-0.25, -0.2) is 5.43 Å². The Morgan fingerprint density at radius 2 is 1.96 bits per heavy atom. The Hall–Kier alpha value is -2.34. The van der Waals surface area contributed by atoms with Crippen LogP contribution in [0.2, 0.25) is 0 Å². The maximum Gasteiger partial charge on any atom is 0.284 e. The van der Waals surface area contributed by atoms with Crippen LogP contribution in [0.1, 0.15) is 38.8 Å². The number of carbonyl (C=O) groups excluding carboxylic acids is 1. The van der Waals surface area contributed by atoms with Gasteiger partial charge in [0.2, 0.25) is 6.10 Å². The number of fused-ring (bicyclic) bond motifs is 1. The van der Waals surface area contributed by atoms with E-state index in [1.54, 1.807) is 0 Å². The van der Waals surface area contributed by atoms with E-state index >= 15 is 0 Å². The van der Waals surface area contributed by atoms with Crippen LogP contribution in [-0.2, 0) is 10.2 Å². The van der Waals surface area contributed by atoms with Crippen LogP contribution in [0.4, 0.5) is 0 Å². The zero-order valence-electron chi connectivity index (χ0n) is 15.9. The molecule has 0 saturated carbocycles. The third kappa shape index (κ3) is 4.69. The molecular formula is C21H23BrN2O3. The van der Waals surface area contributed by atoms with Crippen molar-refractivity contribution in [3.63, 3.8) is 0 Å². The molecule has 1 atom stereocenters. The van der Waals surface area contributed by atoms with E-state index in [1.165, 1.54) is 0 Å². The summed E-state index contributed by atoms with van der Waals surface area (Å²) in [5, 5.41) is 4.18. The fraction of sp³-hybridized carbons (Fsp3) is 0.333. The molecule has 27 heavy (non-hydrogen) atoms. The van der Waals surface area contributed by atoms with E-state index in [9.17, 15) is 4.79 Å². The Labute approximate surface area is 167 Å². The zero-order valence-corrected chi connectivity index (χ0v) is 17.5. The summed E-state index contributed by atoms with van der Waals surface area (Å²) < 4.78 is 12.5. The number of rotatable bonds is 3. The Morgan fingerprint density at radius 3 is 2.67 bits per heavy atom. The molecule has 0 fully saturated rings. The monoisotopic (exact) mass is 430 g/mol. The van der Waals surface area contributed by atoms with Gasteiger partial charge in [-0.15, -0.1) is 0 Å². The summed E-state index contributed by atoms with van der Waals surface area (Å²) in [6, 6.07) is 13.6. The molecule has 0 radical (unpaired) electrons. The van der Waals surface area contributed by atoms with E-state index in [2.05, 4.69) is 47.2 Å². The fourth-order valence-electron chi connectivity index (χ4n) is 2.66. The van der Waals surface area contributed by atoms with Gasteiger partial charge in [-0.3, -0.25) is 4.79 Å². The van der Waals surface area contributed by atoms with Crippen LogP contribution < -0.4 is 14.9 Å². The number of nitrogens with zero attached hydrogens (tertiary/aromatic N) is 1. The van der Waals surface area contributed by atoms with Crippen molar-refractivity contribution in [1.29, 1.82) is 0 Å². The zero-order chi connectivity index (χ0) is 19.6. The lowest BCUT2D eigenvalue weighted by molar-refractivity contribution is -0.130. The van der Waals surface area contributed by atoms with Crippen molar-refractivity contribution in [1.82, 2.24) is 5.43 Å². The van der Waals surface area contributed by atoms with E-state index in [4.69, 9.17) is 9.47 Å². The minimum Gasteiger partial charge on any atom is -0.485 e. The van der Waals surface area contributed by atoms with Gasteiger partial charge in [-0.05, 0) is 47.7 Å². The normalized spacial score (nSPS) is 16.8. The molecular weight excluding hydrogens is 408 g/mol. The van der Waals surface area contributed by atoms with Gasteiger partial charge in [0.1, 0.15) is 6.61 Å². The first-order valence-corrected chi connectivity index (χ1v) is 9.57. The summed E-state index contributed by atoms with van der Waals surface area (Å²) in [5.41, 5.74) is 5.31. The molecule has 142 valence electrons. The molecule has 2 aromatic rings. The van der Waals surface area contributed by atoms with Crippen LogP contribution in [-0.4, -0.2) is 24.3 Å². The largest absolute Gasteiger partial charge is 0.485 e. The quantitative estimate of drug-likeness (QED) is 0.578. The molecule has 0 saturated heterocycles. The average molecular weight is 431 g/mol. The van der Waals surface area contributed by atoms with Gasteiger partial charge in [0.05, 0.1) is 5.71 Å². The predicted molar refractivity (Wildman–Crippen MR) is 110 cm³/mol. The van der Waals surface area contributed by atoms with E-state index in [-0.39, 0.29) is 17.9 Å². The van der Waals surface area contributed by atoms with Gasteiger partial charge in [-0.1, -0.05) is 54.9 Å². The molecule has 1 heterocycles. The van der Waals surface area contributed by atoms with Crippen molar-refractivity contribution in [3.8, 4) is 11.5 Å². The van der Waals surface area contributed by atoms with Gasteiger partial charge in [0.15, 0.2) is 11.5 Å². The highest BCUT2D eigenvalue weighted by molar-refractivity contribution is 9.10. The molecule has 1 aliphatic heterocycles. The van der Waals surface area contributed by atoms with Gasteiger partial charge in [-0.2, -0.15) is 5.10 Å². The molecule has 1 aliphatic rings. The smallest absolute Gasteiger partial charge is 0.284 e. The van der Waals surface area contributed by atoms with Crippen LogP contribution in [0.15, 0.2) is 52.0 Å². The first-order valence-electron chi connectivity index (χ1n) is 8.78. The number of nitrogens with one attached hydrogen (secondary N) is 1. The van der Waals surface area contributed by atoms with Crippen molar-refractivity contribution < 1.29 is 14.3 Å². The Kier molecular flexibility index (Phi) is 5.56. The molecule has 0 unspecified atom stereocenters. The third-order valence-electron chi connectivity index (χ3n) is 4.34. The number of carbonyl (C=O) groups is 1. The Balaban J connectivity index is 1.69. The van der Waals surface area contributed by atoms with Crippen molar-refractivity contribution in [2.75, 3.05) is 6.61 Å². The lowest BCUT2D eigenvalue weighted by Crippen LogP contribution is -2.42. The fourth-order valence-corrected chi connectivity index (χ4v) is 3.06. The van der Waals surface area contributed by atoms with Gasteiger partial charge < -0.3 is 9.47 Å². The minimum atomic E-state index is -0.744. The number of halogens is 1. The maximum absolute atomic E-state index is 12.5. The summed E-state index contributed by atoms with van der Waals surface area (Å²) in [6.45, 7) is 8.37. The van der Waals surface area contributed by atoms with Crippen LogP contribution in [0, 0.1) is 0 Å². The second-order valence-corrected chi connectivity index (χ2v) is 8.43. The first-order chi connectivity index (χ1) is 12.7. The van der Waals surface area contributed by atoms with Crippen molar-refractivity contribution >= 4 is 27.5 Å². The van der Waals surface area contributed by atoms with Gasteiger partial charge in [0, 0.05) is 4.47 Å². The number of amides is 1. The van der Waals surface area contributed by atoms with Crippen LogP contribution in [0.25, 0.3) is 0 Å². The summed E-state index contributed by atoms with van der Waals surface area (Å²) in [7, 11) is 0. The second-order valence-electron chi connectivity index (χ2n) is 7.51. The maximum atomic E-state index is 12.5. The molecule has 3 rings (SSSR count). The van der Waals surface area contributed by atoms with Crippen molar-refractivity contribution in [2.45, 2.75) is 39.2 Å². The summed E-state index contributed by atoms with van der Waals surface area (Å²) in [5.74, 6) is 0.901.